The second kappa shape index (κ2) is 12.6. The van der Waals surface area contributed by atoms with Crippen LogP contribution in [0.3, 0.4) is 0 Å². The van der Waals surface area contributed by atoms with Crippen LogP contribution in [0.4, 0.5) is 13.2 Å². The summed E-state index contributed by atoms with van der Waals surface area (Å²) in [7, 11) is 0. The molecule has 7 rings (SSSR count). The van der Waals surface area contributed by atoms with E-state index in [-0.39, 0.29) is 34.6 Å². The van der Waals surface area contributed by atoms with Crippen LogP contribution in [0.5, 0.6) is 0 Å². The monoisotopic (exact) mass is 692 g/mol. The molecule has 0 spiro atoms. The minimum absolute atomic E-state index is 0.0403. The largest absolute Gasteiger partial charge is 0.616 e. The highest BCUT2D eigenvalue weighted by atomic mass is 32.2. The predicted octanol–water partition coefficient (Wildman–Crippen LogP) is 8.14. The molecule has 5 fully saturated rings. The second-order valence-electron chi connectivity index (χ2n) is 18.0. The maximum Gasteiger partial charge on any atom is 0.405 e. The standard InChI is InChI=1S/C39H59F3N2O3S/c1-25-28(26-7-9-27(10-8-26)34(45)46)13-16-35(2)29(25)14-17-37(4)32(35)12-11-30-31-6-5-15-38(31,19-18-36(30,37)3)43-33(39(40,41)42)24-44-20-22-48(47)23-21-44/h7,13,25,27,29-33,43H,5-6,8-12,14-24H2,1-4H3,(H,45,46)/t25?,27?,29?,30?,31?,32?,33?,35-,36+,37+,38?/m0/s1. The highest BCUT2D eigenvalue weighted by molar-refractivity contribution is 7.91. The van der Waals surface area contributed by atoms with E-state index in [2.05, 4.69) is 45.2 Å². The third-order valence-corrected chi connectivity index (χ3v) is 17.5. The molecule has 6 aliphatic carbocycles. The first-order chi connectivity index (χ1) is 22.6. The average molecular weight is 693 g/mol. The van der Waals surface area contributed by atoms with Crippen LogP contribution in [0.15, 0.2) is 23.3 Å². The SMILES string of the molecule is CC1C(C2=CCC(C(=O)O)CC2)=CC[C@@]2(C)C1CC[C@]1(C)C2CCC2C3CCCC3(NC(CN3CC[S+]([O-])CC3)C(F)(F)F)CC[C@]21C. The Hall–Kier alpha value is -1.03. The normalized spacial score (nSPS) is 46.0. The van der Waals surface area contributed by atoms with Gasteiger partial charge < -0.3 is 9.66 Å². The van der Waals surface area contributed by atoms with Crippen molar-refractivity contribution in [2.45, 2.75) is 129 Å². The van der Waals surface area contributed by atoms with Gasteiger partial charge in [-0.1, -0.05) is 57.4 Å². The molecule has 4 saturated carbocycles. The number of carbonyl (C=O) groups is 1. The summed E-state index contributed by atoms with van der Waals surface area (Å²) in [5.41, 5.74) is 2.88. The van der Waals surface area contributed by atoms with Crippen molar-refractivity contribution in [3.05, 3.63) is 23.3 Å². The van der Waals surface area contributed by atoms with Crippen molar-refractivity contribution in [3.8, 4) is 0 Å². The number of aliphatic carboxylic acids is 1. The first-order valence-electron chi connectivity index (χ1n) is 19.2. The number of nitrogens with one attached hydrogen (secondary N) is 1. The molecule has 11 atom stereocenters. The third-order valence-electron chi connectivity index (χ3n) is 16.3. The first kappa shape index (κ1) is 35.4. The second-order valence-corrected chi connectivity index (χ2v) is 19.7. The van der Waals surface area contributed by atoms with Gasteiger partial charge in [0, 0.05) is 25.2 Å². The summed E-state index contributed by atoms with van der Waals surface area (Å²) in [6.07, 6.45) is 13.1. The number of hydrogen-bond donors (Lipinski definition) is 2. The summed E-state index contributed by atoms with van der Waals surface area (Å²) >= 11 is -0.906. The zero-order chi connectivity index (χ0) is 34.3. The van der Waals surface area contributed by atoms with Gasteiger partial charge >= 0.3 is 12.1 Å². The third kappa shape index (κ3) is 5.66. The number of allylic oxidation sites excluding steroid dienone is 4. The van der Waals surface area contributed by atoms with Crippen LogP contribution < -0.4 is 5.32 Å². The van der Waals surface area contributed by atoms with Crippen molar-refractivity contribution in [1.29, 1.82) is 0 Å². The molecule has 1 aliphatic heterocycles. The average Bonchev–Trinajstić information content (AvgIpc) is 3.46. The molecule has 9 heteroatoms. The summed E-state index contributed by atoms with van der Waals surface area (Å²) in [5.74, 6) is 2.39. The number of nitrogens with zero attached hydrogens (tertiary/aromatic N) is 1. The van der Waals surface area contributed by atoms with Crippen LogP contribution in [0.25, 0.3) is 0 Å². The van der Waals surface area contributed by atoms with Gasteiger partial charge in [0.15, 0.2) is 0 Å². The molecule has 0 aromatic rings. The Kier molecular flexibility index (Phi) is 9.27. The van der Waals surface area contributed by atoms with Crippen LogP contribution in [0.1, 0.15) is 111 Å². The minimum Gasteiger partial charge on any atom is -0.616 e. The molecular formula is C39H59F3N2O3S. The molecular weight excluding hydrogens is 634 g/mol. The predicted molar refractivity (Wildman–Crippen MR) is 185 cm³/mol. The maximum atomic E-state index is 14.7. The Morgan fingerprint density at radius 3 is 2.42 bits per heavy atom. The van der Waals surface area contributed by atoms with E-state index in [0.717, 1.165) is 57.8 Å². The molecule has 1 saturated heterocycles. The van der Waals surface area contributed by atoms with Crippen molar-refractivity contribution in [1.82, 2.24) is 10.2 Å². The van der Waals surface area contributed by atoms with E-state index in [4.69, 9.17) is 0 Å². The number of halogens is 3. The Balaban J connectivity index is 1.11. The van der Waals surface area contributed by atoms with Gasteiger partial charge in [0.1, 0.15) is 17.5 Å². The van der Waals surface area contributed by atoms with Gasteiger partial charge in [-0.15, -0.1) is 0 Å². The number of alkyl halides is 3. The molecule has 0 aromatic heterocycles. The minimum atomic E-state index is -4.31. The van der Waals surface area contributed by atoms with Crippen LogP contribution in [-0.4, -0.2) is 69.4 Å². The summed E-state index contributed by atoms with van der Waals surface area (Å²) in [6, 6.07) is -1.55. The highest BCUT2D eigenvalue weighted by Gasteiger charge is 2.69. The van der Waals surface area contributed by atoms with Crippen molar-refractivity contribution < 1.29 is 27.6 Å². The quantitative estimate of drug-likeness (QED) is 0.275. The fraction of sp³-hybridized carbons (Fsp3) is 0.872. The number of hydrogen-bond acceptors (Lipinski definition) is 4. The lowest BCUT2D eigenvalue weighted by atomic mass is 9.34. The van der Waals surface area contributed by atoms with E-state index in [1.807, 2.05) is 4.90 Å². The Morgan fingerprint density at radius 2 is 1.75 bits per heavy atom. The van der Waals surface area contributed by atoms with Crippen LogP contribution in [0, 0.1) is 51.8 Å². The van der Waals surface area contributed by atoms with E-state index in [9.17, 15) is 27.6 Å². The number of rotatable bonds is 6. The van der Waals surface area contributed by atoms with Crippen molar-refractivity contribution in [2.75, 3.05) is 31.1 Å². The molecule has 2 N–H and O–H groups in total. The van der Waals surface area contributed by atoms with E-state index in [1.165, 1.54) is 30.4 Å². The molecule has 0 aromatic carbocycles. The number of carboxylic acids is 1. The smallest absolute Gasteiger partial charge is 0.405 e. The number of fused-ring (bicyclic) bond motifs is 7. The van der Waals surface area contributed by atoms with Gasteiger partial charge in [0.2, 0.25) is 0 Å². The maximum absolute atomic E-state index is 14.7. The van der Waals surface area contributed by atoms with Crippen LogP contribution in [0.2, 0.25) is 0 Å². The highest BCUT2D eigenvalue weighted by Crippen LogP contribution is 2.75. The van der Waals surface area contributed by atoms with E-state index in [1.54, 1.807) is 0 Å². The molecule has 48 heavy (non-hydrogen) atoms. The van der Waals surface area contributed by atoms with Crippen molar-refractivity contribution in [3.63, 3.8) is 0 Å². The summed E-state index contributed by atoms with van der Waals surface area (Å²) in [5, 5.41) is 12.9. The van der Waals surface area contributed by atoms with E-state index < -0.39 is 34.9 Å². The fourth-order valence-corrected chi connectivity index (χ4v) is 14.6. The molecule has 7 aliphatic rings. The lowest BCUT2D eigenvalue weighted by molar-refractivity contribution is -0.218. The van der Waals surface area contributed by atoms with Gasteiger partial charge in [-0.25, -0.2) is 0 Å². The molecule has 0 bridgehead atoms. The molecule has 8 unspecified atom stereocenters. The van der Waals surface area contributed by atoms with Crippen molar-refractivity contribution in [2.24, 2.45) is 51.8 Å². The van der Waals surface area contributed by atoms with Crippen molar-refractivity contribution >= 4 is 17.1 Å². The van der Waals surface area contributed by atoms with E-state index in [0.29, 0.717) is 54.7 Å². The molecule has 0 amide bonds. The van der Waals surface area contributed by atoms with Gasteiger partial charge in [-0.05, 0) is 134 Å². The lowest BCUT2D eigenvalue weighted by Crippen LogP contribution is -2.69. The van der Waals surface area contributed by atoms with Gasteiger partial charge in [-0.3, -0.25) is 15.0 Å². The van der Waals surface area contributed by atoms with Gasteiger partial charge in [0.05, 0.1) is 5.92 Å². The zero-order valence-corrected chi connectivity index (χ0v) is 30.5. The van der Waals surface area contributed by atoms with E-state index >= 15 is 0 Å². The first-order valence-corrected chi connectivity index (χ1v) is 20.6. The Morgan fingerprint density at radius 1 is 1.00 bits per heavy atom. The topological polar surface area (TPSA) is 75.6 Å². The fourth-order valence-electron chi connectivity index (χ4n) is 13.5. The molecule has 5 nitrogen and oxygen atoms in total. The van der Waals surface area contributed by atoms with Gasteiger partial charge in [0.25, 0.3) is 0 Å². The summed E-state index contributed by atoms with van der Waals surface area (Å²) < 4.78 is 56.0. The Bertz CT molecular complexity index is 1310. The van der Waals surface area contributed by atoms with Crippen LogP contribution in [-0.2, 0) is 16.0 Å². The van der Waals surface area contributed by atoms with Gasteiger partial charge in [-0.2, -0.15) is 13.2 Å². The molecule has 270 valence electrons. The summed E-state index contributed by atoms with van der Waals surface area (Å²) in [6.45, 7) is 11.0. The Labute approximate surface area is 289 Å². The number of carboxylic acid groups (broad SMARTS) is 1. The summed E-state index contributed by atoms with van der Waals surface area (Å²) in [4.78, 5) is 13.5. The van der Waals surface area contributed by atoms with Crippen LogP contribution >= 0.6 is 0 Å². The lowest BCUT2D eigenvalue weighted by Gasteiger charge is -2.71. The molecule has 0 radical (unpaired) electrons. The molecule has 1 heterocycles. The zero-order valence-electron chi connectivity index (χ0n) is 29.7.